The number of carbonyl (C=O) groups excluding carboxylic acids is 2. The van der Waals surface area contributed by atoms with Gasteiger partial charge in [-0.3, -0.25) is 4.79 Å². The third-order valence-electron chi connectivity index (χ3n) is 2.62. The van der Waals surface area contributed by atoms with Gasteiger partial charge in [0.1, 0.15) is 0 Å². The number of aromatic carboxylic acids is 1. The molecule has 0 aliphatic carbocycles. The van der Waals surface area contributed by atoms with E-state index in [4.69, 9.17) is 5.73 Å². The van der Waals surface area contributed by atoms with Crippen molar-refractivity contribution in [3.63, 3.8) is 0 Å². The third-order valence-corrected chi connectivity index (χ3v) is 3.11. The quantitative estimate of drug-likeness (QED) is 0.424. The molecule has 0 aliphatic rings. The van der Waals surface area contributed by atoms with E-state index in [0.717, 1.165) is 4.47 Å². The van der Waals surface area contributed by atoms with Crippen LogP contribution in [-0.4, -0.2) is 11.8 Å². The van der Waals surface area contributed by atoms with Crippen molar-refractivity contribution in [1.82, 2.24) is 0 Å². The summed E-state index contributed by atoms with van der Waals surface area (Å²) in [5.74, 6) is -1.65. The molecular weight excluding hydrogens is 333 g/mol. The summed E-state index contributed by atoms with van der Waals surface area (Å²) in [7, 11) is 0. The van der Waals surface area contributed by atoms with Gasteiger partial charge in [0.15, 0.2) is 5.78 Å². The molecule has 0 aliphatic heterocycles. The molecule has 0 bridgehead atoms. The summed E-state index contributed by atoms with van der Waals surface area (Å²) >= 11 is 3.26. The van der Waals surface area contributed by atoms with E-state index in [0.29, 0.717) is 11.3 Å². The molecule has 2 aromatic carbocycles. The number of hydrogen-bond acceptors (Lipinski definition) is 4. The zero-order valence-electron chi connectivity index (χ0n) is 10.7. The number of carboxylic acids is 1. The van der Waals surface area contributed by atoms with Crippen LogP contribution in [0.25, 0.3) is 0 Å². The predicted molar refractivity (Wildman–Crippen MR) is 72.8 cm³/mol. The SMILES string of the molecule is Nc1cc(Br)ccc1C(=O)c1cccc(C(=O)[O-])c1.[Na+]. The molecule has 20 heavy (non-hydrogen) atoms. The first-order valence-corrected chi connectivity index (χ1v) is 6.19. The van der Waals surface area contributed by atoms with E-state index in [9.17, 15) is 14.7 Å². The normalized spacial score (nSPS) is 9.65. The molecule has 0 saturated carbocycles. The molecule has 0 spiro atoms. The molecule has 6 heteroatoms. The van der Waals surface area contributed by atoms with Crippen LogP contribution in [0.1, 0.15) is 26.3 Å². The summed E-state index contributed by atoms with van der Waals surface area (Å²) in [6, 6.07) is 10.6. The number of carboxylic acid groups (broad SMARTS) is 1. The van der Waals surface area contributed by atoms with Crippen molar-refractivity contribution in [3.8, 4) is 0 Å². The first kappa shape index (κ1) is 16.9. The van der Waals surface area contributed by atoms with Crippen LogP contribution in [0.2, 0.25) is 0 Å². The number of halogens is 1. The zero-order chi connectivity index (χ0) is 14.0. The minimum Gasteiger partial charge on any atom is -0.545 e. The molecule has 0 radical (unpaired) electrons. The minimum absolute atomic E-state index is 0. The van der Waals surface area contributed by atoms with E-state index in [-0.39, 0.29) is 46.5 Å². The van der Waals surface area contributed by atoms with Crippen LogP contribution in [0.15, 0.2) is 46.9 Å². The maximum absolute atomic E-state index is 12.2. The maximum Gasteiger partial charge on any atom is 1.00 e. The fraction of sp³-hybridized carbons (Fsp3) is 0. The molecule has 0 fully saturated rings. The summed E-state index contributed by atoms with van der Waals surface area (Å²) in [5.41, 5.74) is 6.66. The van der Waals surface area contributed by atoms with Crippen molar-refractivity contribution < 1.29 is 44.3 Å². The van der Waals surface area contributed by atoms with Gasteiger partial charge in [-0.05, 0) is 29.8 Å². The van der Waals surface area contributed by atoms with Crippen molar-refractivity contribution in [2.24, 2.45) is 0 Å². The van der Waals surface area contributed by atoms with Gasteiger partial charge in [-0.15, -0.1) is 0 Å². The Morgan fingerprint density at radius 2 is 1.70 bits per heavy atom. The topological polar surface area (TPSA) is 83.2 Å². The first-order chi connectivity index (χ1) is 8.99. The van der Waals surface area contributed by atoms with Gasteiger partial charge in [0.25, 0.3) is 0 Å². The van der Waals surface area contributed by atoms with Crippen LogP contribution in [0.5, 0.6) is 0 Å². The van der Waals surface area contributed by atoms with Crippen molar-refractivity contribution in [2.75, 3.05) is 5.73 Å². The predicted octanol–water partition coefficient (Wildman–Crippen LogP) is -1.37. The standard InChI is InChI=1S/C14H10BrNO3.Na/c15-10-4-5-11(12(16)7-10)13(17)8-2-1-3-9(6-8)14(18)19;/h1-7H,16H2,(H,18,19);/q;+1/p-1. The number of ketones is 1. The van der Waals surface area contributed by atoms with E-state index in [1.54, 1.807) is 18.2 Å². The molecule has 2 rings (SSSR count). The fourth-order valence-corrected chi connectivity index (χ4v) is 2.06. The van der Waals surface area contributed by atoms with Crippen LogP contribution in [0.3, 0.4) is 0 Å². The van der Waals surface area contributed by atoms with Gasteiger partial charge < -0.3 is 15.6 Å². The molecule has 0 heterocycles. The van der Waals surface area contributed by atoms with Gasteiger partial charge in [0.05, 0.1) is 5.97 Å². The number of anilines is 1. The first-order valence-electron chi connectivity index (χ1n) is 5.40. The summed E-state index contributed by atoms with van der Waals surface area (Å²) in [6.45, 7) is 0. The largest absolute Gasteiger partial charge is 1.00 e. The molecule has 2 N–H and O–H groups in total. The smallest absolute Gasteiger partial charge is 0.545 e. The Bertz CT molecular complexity index is 673. The van der Waals surface area contributed by atoms with Crippen LogP contribution >= 0.6 is 15.9 Å². The van der Waals surface area contributed by atoms with E-state index in [2.05, 4.69) is 15.9 Å². The minimum atomic E-state index is -1.32. The van der Waals surface area contributed by atoms with Crippen LogP contribution in [0.4, 0.5) is 5.69 Å². The van der Waals surface area contributed by atoms with Gasteiger partial charge in [-0.25, -0.2) is 0 Å². The number of nitrogen functional groups attached to an aromatic ring is 1. The monoisotopic (exact) mass is 341 g/mol. The molecule has 0 atom stereocenters. The van der Waals surface area contributed by atoms with Gasteiger partial charge in [-0.2, -0.15) is 0 Å². The number of benzene rings is 2. The second-order valence-electron chi connectivity index (χ2n) is 3.93. The van der Waals surface area contributed by atoms with Gasteiger partial charge >= 0.3 is 29.6 Å². The van der Waals surface area contributed by atoms with Crippen molar-refractivity contribution in [1.29, 1.82) is 0 Å². The van der Waals surface area contributed by atoms with E-state index in [1.165, 1.54) is 24.3 Å². The van der Waals surface area contributed by atoms with Crippen LogP contribution < -0.4 is 40.4 Å². The summed E-state index contributed by atoms with van der Waals surface area (Å²) in [6.07, 6.45) is 0. The molecule has 0 unspecified atom stereocenters. The Balaban J connectivity index is 0.00000200. The van der Waals surface area contributed by atoms with Gasteiger partial charge in [-0.1, -0.05) is 34.1 Å². The van der Waals surface area contributed by atoms with Crippen LogP contribution in [0, 0.1) is 0 Å². The molecule has 0 saturated heterocycles. The second kappa shape index (κ2) is 7.04. The Kier molecular flexibility index (Phi) is 5.95. The Hall–Kier alpha value is -1.14. The molecule has 0 amide bonds. The van der Waals surface area contributed by atoms with Gasteiger partial charge in [0, 0.05) is 21.3 Å². The van der Waals surface area contributed by atoms with Crippen molar-refractivity contribution in [3.05, 3.63) is 63.6 Å². The summed E-state index contributed by atoms with van der Waals surface area (Å²) < 4.78 is 0.769. The van der Waals surface area contributed by atoms with E-state index in [1.807, 2.05) is 0 Å². The second-order valence-corrected chi connectivity index (χ2v) is 4.84. The number of nitrogens with two attached hydrogens (primary N) is 1. The Morgan fingerprint density at radius 1 is 1.05 bits per heavy atom. The van der Waals surface area contributed by atoms with E-state index < -0.39 is 5.97 Å². The van der Waals surface area contributed by atoms with Gasteiger partial charge in [0.2, 0.25) is 0 Å². The van der Waals surface area contributed by atoms with Crippen molar-refractivity contribution >= 4 is 33.4 Å². The number of rotatable bonds is 3. The number of hydrogen-bond donors (Lipinski definition) is 1. The Labute approximate surface area is 146 Å². The van der Waals surface area contributed by atoms with E-state index >= 15 is 0 Å². The maximum atomic E-state index is 12.2. The average Bonchev–Trinajstić information content (AvgIpc) is 2.38. The summed E-state index contributed by atoms with van der Waals surface area (Å²) in [5, 5.41) is 10.8. The third kappa shape index (κ3) is 3.70. The van der Waals surface area contributed by atoms with Crippen molar-refractivity contribution in [2.45, 2.75) is 0 Å². The molecule has 0 aromatic heterocycles. The number of carbonyl (C=O) groups is 2. The molecule has 2 aromatic rings. The van der Waals surface area contributed by atoms with Crippen LogP contribution in [-0.2, 0) is 0 Å². The Morgan fingerprint density at radius 3 is 2.30 bits per heavy atom. The fourth-order valence-electron chi connectivity index (χ4n) is 1.68. The molecule has 96 valence electrons. The summed E-state index contributed by atoms with van der Waals surface area (Å²) in [4.78, 5) is 23.0. The molecule has 4 nitrogen and oxygen atoms in total. The zero-order valence-corrected chi connectivity index (χ0v) is 14.3. The molecular formula is C14H9BrNNaO3. The average molecular weight is 342 g/mol.